The van der Waals surface area contributed by atoms with Gasteiger partial charge in [0.2, 0.25) is 0 Å². The van der Waals surface area contributed by atoms with Crippen LogP contribution in [0.3, 0.4) is 0 Å². The first-order valence-electron chi connectivity index (χ1n) is 10.7. The fourth-order valence-electron chi connectivity index (χ4n) is 3.23. The van der Waals surface area contributed by atoms with Crippen molar-refractivity contribution < 1.29 is 30.7 Å². The van der Waals surface area contributed by atoms with E-state index in [0.717, 1.165) is 36.5 Å². The largest absolute Gasteiger partial charge is 0.470 e. The minimum absolute atomic E-state index is 0.0395. The minimum atomic E-state index is -4.50. The standard InChI is InChI=1S/C24H30O7S2/c25-32(26,27)23(17-9-7-15-21-11-3-1-4-12-21)19-31-20-24(33(28,29)30)18-10-8-16-22-13-5-2-6-14-22/h1-6,11-14,19-20H,7-10,15-18H2,(H,25,26,27)(H,28,29,30). The van der Waals surface area contributed by atoms with E-state index in [1.54, 1.807) is 0 Å². The molecule has 0 radical (unpaired) electrons. The van der Waals surface area contributed by atoms with Crippen LogP contribution in [-0.4, -0.2) is 25.9 Å². The highest BCUT2D eigenvalue weighted by molar-refractivity contribution is 7.90. The maximum absolute atomic E-state index is 11.6. The summed E-state index contributed by atoms with van der Waals surface area (Å²) < 4.78 is 70.4. The quantitative estimate of drug-likeness (QED) is 0.208. The first-order valence-corrected chi connectivity index (χ1v) is 13.6. The summed E-state index contributed by atoms with van der Waals surface area (Å²) in [7, 11) is -9.00. The summed E-state index contributed by atoms with van der Waals surface area (Å²) in [5, 5.41) is 0. The lowest BCUT2D eigenvalue weighted by atomic mass is 10.1. The van der Waals surface area contributed by atoms with E-state index in [-0.39, 0.29) is 22.7 Å². The van der Waals surface area contributed by atoms with E-state index in [0.29, 0.717) is 25.7 Å². The molecule has 0 aliphatic carbocycles. The highest BCUT2D eigenvalue weighted by Gasteiger charge is 2.16. The van der Waals surface area contributed by atoms with Crippen molar-refractivity contribution in [3.05, 3.63) is 94.1 Å². The number of benzene rings is 2. The lowest BCUT2D eigenvalue weighted by molar-refractivity contribution is 0.389. The lowest BCUT2D eigenvalue weighted by Crippen LogP contribution is -2.04. The van der Waals surface area contributed by atoms with E-state index in [2.05, 4.69) is 0 Å². The molecule has 0 saturated carbocycles. The number of aryl methyl sites for hydroxylation is 2. The van der Waals surface area contributed by atoms with Gasteiger partial charge < -0.3 is 4.74 Å². The number of hydrogen-bond acceptors (Lipinski definition) is 5. The molecule has 0 aromatic heterocycles. The number of rotatable bonds is 14. The zero-order valence-electron chi connectivity index (χ0n) is 18.3. The third kappa shape index (κ3) is 10.8. The molecule has 0 atom stereocenters. The molecule has 0 fully saturated rings. The van der Waals surface area contributed by atoms with E-state index >= 15 is 0 Å². The van der Waals surface area contributed by atoms with Crippen molar-refractivity contribution in [3.8, 4) is 0 Å². The summed E-state index contributed by atoms with van der Waals surface area (Å²) in [6.07, 6.45) is 5.59. The predicted octanol–water partition coefficient (Wildman–Crippen LogP) is 5.29. The Balaban J connectivity index is 1.91. The van der Waals surface area contributed by atoms with Gasteiger partial charge in [0.25, 0.3) is 20.2 Å². The second kappa shape index (κ2) is 13.3. The molecule has 2 N–H and O–H groups in total. The molecule has 0 aliphatic rings. The molecule has 0 spiro atoms. The van der Waals surface area contributed by atoms with Crippen LogP contribution in [0.2, 0.25) is 0 Å². The van der Waals surface area contributed by atoms with Crippen LogP contribution < -0.4 is 0 Å². The SMILES string of the molecule is O=S(=O)(O)C(=COC=C(CCCCc1ccccc1)S(=O)(=O)O)CCCCc1ccccc1. The lowest BCUT2D eigenvalue weighted by Gasteiger charge is -2.07. The van der Waals surface area contributed by atoms with Gasteiger partial charge in [-0.15, -0.1) is 0 Å². The molecule has 0 saturated heterocycles. The number of unbranched alkanes of at least 4 members (excludes halogenated alkanes) is 2. The fraction of sp³-hybridized carbons (Fsp3) is 0.333. The van der Waals surface area contributed by atoms with E-state index in [4.69, 9.17) is 4.74 Å². The van der Waals surface area contributed by atoms with E-state index in [1.165, 1.54) is 0 Å². The molecule has 0 amide bonds. The second-order valence-electron chi connectivity index (χ2n) is 7.64. The van der Waals surface area contributed by atoms with Gasteiger partial charge in [-0.3, -0.25) is 9.11 Å². The molecule has 0 unspecified atom stereocenters. The second-order valence-corrected chi connectivity index (χ2v) is 10.6. The fourth-order valence-corrected chi connectivity index (χ4v) is 4.39. The first-order chi connectivity index (χ1) is 15.7. The molecule has 2 aromatic carbocycles. The minimum Gasteiger partial charge on any atom is -0.470 e. The molecule has 2 rings (SSSR count). The molecule has 180 valence electrons. The Morgan fingerprint density at radius 1 is 0.636 bits per heavy atom. The van der Waals surface area contributed by atoms with Crippen molar-refractivity contribution in [1.82, 2.24) is 0 Å². The number of allylic oxidation sites excluding steroid dienone is 2. The Morgan fingerprint density at radius 3 is 1.33 bits per heavy atom. The van der Waals surface area contributed by atoms with Gasteiger partial charge in [0, 0.05) is 0 Å². The summed E-state index contributed by atoms with van der Waals surface area (Å²) in [5.41, 5.74) is 2.25. The molecule has 7 nitrogen and oxygen atoms in total. The van der Waals surface area contributed by atoms with Gasteiger partial charge >= 0.3 is 0 Å². The molecule has 33 heavy (non-hydrogen) atoms. The van der Waals surface area contributed by atoms with Gasteiger partial charge in [-0.1, -0.05) is 60.7 Å². The van der Waals surface area contributed by atoms with Gasteiger partial charge in [0.05, 0.1) is 0 Å². The summed E-state index contributed by atoms with van der Waals surface area (Å²) in [4.78, 5) is -0.712. The third-order valence-electron chi connectivity index (χ3n) is 5.02. The van der Waals surface area contributed by atoms with Gasteiger partial charge in [0.15, 0.2) is 0 Å². The monoisotopic (exact) mass is 494 g/mol. The summed E-state index contributed by atoms with van der Waals surface area (Å²) in [5.74, 6) is 0. The molecule has 0 aliphatic heterocycles. The van der Waals surface area contributed by atoms with E-state index in [1.807, 2.05) is 60.7 Å². The Morgan fingerprint density at radius 2 is 1.00 bits per heavy atom. The van der Waals surface area contributed by atoms with Gasteiger partial charge in [-0.2, -0.15) is 16.8 Å². The highest BCUT2D eigenvalue weighted by Crippen LogP contribution is 2.18. The topological polar surface area (TPSA) is 118 Å². The average molecular weight is 495 g/mol. The highest BCUT2D eigenvalue weighted by atomic mass is 32.2. The predicted molar refractivity (Wildman–Crippen MR) is 128 cm³/mol. The van der Waals surface area contributed by atoms with Gasteiger partial charge in [-0.05, 0) is 62.5 Å². The van der Waals surface area contributed by atoms with E-state index in [9.17, 15) is 25.9 Å². The Kier molecular flexibility index (Phi) is 10.8. The van der Waals surface area contributed by atoms with Crippen molar-refractivity contribution in [2.24, 2.45) is 0 Å². The van der Waals surface area contributed by atoms with E-state index < -0.39 is 20.2 Å². The Hall–Kier alpha value is -2.46. The van der Waals surface area contributed by atoms with Crippen molar-refractivity contribution in [3.63, 3.8) is 0 Å². The zero-order chi connectivity index (χ0) is 24.2. The molecule has 2 aromatic rings. The first kappa shape index (κ1) is 26.8. The van der Waals surface area contributed by atoms with Crippen molar-refractivity contribution in [2.45, 2.75) is 51.4 Å². The van der Waals surface area contributed by atoms with Crippen LogP contribution >= 0.6 is 0 Å². The molecule has 9 heteroatoms. The van der Waals surface area contributed by atoms with Crippen molar-refractivity contribution in [2.75, 3.05) is 0 Å². The smallest absolute Gasteiger partial charge is 0.293 e. The number of ether oxygens (including phenoxy) is 1. The molecule has 0 bridgehead atoms. The van der Waals surface area contributed by atoms with Crippen LogP contribution in [0.25, 0.3) is 0 Å². The Labute approximate surface area is 196 Å². The summed E-state index contributed by atoms with van der Waals surface area (Å²) in [6.45, 7) is 0. The van der Waals surface area contributed by atoms with Crippen LogP contribution in [0, 0.1) is 0 Å². The average Bonchev–Trinajstić information content (AvgIpc) is 2.76. The summed E-state index contributed by atoms with van der Waals surface area (Å²) >= 11 is 0. The number of hydrogen-bond donors (Lipinski definition) is 2. The van der Waals surface area contributed by atoms with Crippen LogP contribution in [0.15, 0.2) is 83.0 Å². The van der Waals surface area contributed by atoms with Crippen LogP contribution in [0.5, 0.6) is 0 Å². The Bertz CT molecular complexity index is 1030. The van der Waals surface area contributed by atoms with Gasteiger partial charge in [0.1, 0.15) is 22.3 Å². The maximum Gasteiger partial charge on any atom is 0.293 e. The van der Waals surface area contributed by atoms with Crippen molar-refractivity contribution in [1.29, 1.82) is 0 Å². The maximum atomic E-state index is 11.6. The molecular weight excluding hydrogens is 464 g/mol. The van der Waals surface area contributed by atoms with Gasteiger partial charge in [-0.25, -0.2) is 0 Å². The molecular formula is C24H30O7S2. The summed E-state index contributed by atoms with van der Waals surface area (Å²) in [6, 6.07) is 19.4. The zero-order valence-corrected chi connectivity index (χ0v) is 20.0. The van der Waals surface area contributed by atoms with Crippen LogP contribution in [-0.2, 0) is 37.8 Å². The van der Waals surface area contributed by atoms with Crippen LogP contribution in [0.4, 0.5) is 0 Å². The molecule has 0 heterocycles. The van der Waals surface area contributed by atoms with Crippen molar-refractivity contribution >= 4 is 20.2 Å². The normalized spacial score (nSPS) is 13.2. The third-order valence-corrected chi connectivity index (χ3v) is 6.95. The van der Waals surface area contributed by atoms with Crippen LogP contribution in [0.1, 0.15) is 49.7 Å².